The van der Waals surface area contributed by atoms with E-state index < -0.39 is 26.4 Å². The van der Waals surface area contributed by atoms with Crippen molar-refractivity contribution < 1.29 is 18.1 Å². The van der Waals surface area contributed by atoms with E-state index in [-0.39, 0.29) is 15.1 Å². The summed E-state index contributed by atoms with van der Waals surface area (Å²) in [6, 6.07) is 0.455. The quantitative estimate of drug-likeness (QED) is 0.682. The third kappa shape index (κ3) is 2.28. The Hall–Kier alpha value is -1.68. The van der Waals surface area contributed by atoms with Crippen LogP contribution < -0.4 is 9.37 Å². The number of hydrogen-bond donors (Lipinski definition) is 1. The fraction of sp³-hybridized carbons (Fsp3) is 0.222. The van der Waals surface area contributed by atoms with Crippen LogP contribution in [0.15, 0.2) is 10.9 Å². The first-order valence-corrected chi connectivity index (χ1v) is 6.39. The van der Waals surface area contributed by atoms with Crippen molar-refractivity contribution in [3.05, 3.63) is 30.6 Å². The summed E-state index contributed by atoms with van der Waals surface area (Å²) >= 11 is 0.997. The highest BCUT2D eigenvalue weighted by atomic mass is 32.2. The van der Waals surface area contributed by atoms with Crippen molar-refractivity contribution in [2.75, 3.05) is 12.4 Å². The molecule has 0 unspecified atom stereocenters. The third-order valence-corrected chi connectivity index (χ3v) is 4.54. The first-order chi connectivity index (χ1) is 8.75. The molecule has 5 nitrogen and oxygen atoms in total. The Morgan fingerprint density at radius 3 is 2.37 bits per heavy atom. The van der Waals surface area contributed by atoms with Gasteiger partial charge in [-0.15, -0.1) is 0 Å². The largest absolute Gasteiger partial charge is 0.418 e. The predicted molar refractivity (Wildman–Crippen MR) is 67.2 cm³/mol. The summed E-state index contributed by atoms with van der Waals surface area (Å²) in [5.41, 5.74) is -1.93. The van der Waals surface area contributed by atoms with Crippen molar-refractivity contribution in [3.8, 4) is 0 Å². The van der Waals surface area contributed by atoms with Crippen LogP contribution in [-0.2, 0) is 6.18 Å². The van der Waals surface area contributed by atoms with Gasteiger partial charge in [-0.1, -0.05) is 22.7 Å². The molecule has 0 saturated carbocycles. The van der Waals surface area contributed by atoms with Gasteiger partial charge in [-0.05, 0) is 0 Å². The second-order valence-electron chi connectivity index (χ2n) is 3.44. The summed E-state index contributed by atoms with van der Waals surface area (Å²) in [4.78, 5) is 21.2. The lowest BCUT2D eigenvalue weighted by Crippen LogP contribution is -2.07. The third-order valence-electron chi connectivity index (χ3n) is 2.34. The van der Waals surface area contributed by atoms with E-state index in [0.29, 0.717) is 28.7 Å². The molecule has 2 aromatic rings. The van der Waals surface area contributed by atoms with Crippen LogP contribution in [-0.4, -0.2) is 12.0 Å². The number of hydrogen-bond acceptors (Lipinski definition) is 6. The van der Waals surface area contributed by atoms with E-state index in [0.717, 1.165) is 0 Å². The normalized spacial score (nSPS) is 11.8. The van der Waals surface area contributed by atoms with Gasteiger partial charge in [0.2, 0.25) is 0 Å². The van der Waals surface area contributed by atoms with E-state index in [1.165, 1.54) is 7.05 Å². The molecule has 19 heavy (non-hydrogen) atoms. The van der Waals surface area contributed by atoms with Crippen LogP contribution in [0.2, 0.25) is 0 Å². The van der Waals surface area contributed by atoms with Gasteiger partial charge in [0.05, 0.1) is 19.9 Å². The highest BCUT2D eigenvalue weighted by molar-refractivity contribution is 7.36. The molecule has 1 N–H and O–H groups in total. The number of nitrogens with one attached hydrogen (secondary N) is 1. The van der Waals surface area contributed by atoms with E-state index in [9.17, 15) is 28.1 Å². The highest BCUT2D eigenvalue weighted by Gasteiger charge is 2.37. The fourth-order valence-electron chi connectivity index (χ4n) is 1.61. The summed E-state index contributed by atoms with van der Waals surface area (Å²) in [6.07, 6.45) is -4.75. The van der Waals surface area contributed by atoms with E-state index >= 15 is 0 Å². The van der Waals surface area contributed by atoms with E-state index in [1.807, 2.05) is 0 Å². The first-order valence-electron chi connectivity index (χ1n) is 4.75. The van der Waals surface area contributed by atoms with E-state index in [1.54, 1.807) is 0 Å². The molecule has 1 aromatic carbocycles. The molecule has 0 spiro atoms. The second-order valence-corrected chi connectivity index (χ2v) is 5.66. The van der Waals surface area contributed by atoms with Gasteiger partial charge < -0.3 is 5.32 Å². The summed E-state index contributed by atoms with van der Waals surface area (Å²) in [7, 11) is 1.35. The molecule has 0 fully saturated rings. The number of nitro groups is 1. The highest BCUT2D eigenvalue weighted by Crippen LogP contribution is 2.44. The lowest BCUT2D eigenvalue weighted by Gasteiger charge is -2.10. The Labute approximate surface area is 111 Å². The van der Waals surface area contributed by atoms with E-state index in [2.05, 4.69) is 5.32 Å². The number of halogens is 3. The van der Waals surface area contributed by atoms with Crippen molar-refractivity contribution in [2.24, 2.45) is 0 Å². The Kier molecular flexibility index (Phi) is 3.22. The van der Waals surface area contributed by atoms with Crippen LogP contribution >= 0.6 is 22.7 Å². The number of benzene rings is 1. The summed E-state index contributed by atoms with van der Waals surface area (Å²) in [5.74, 6) is 0. The van der Waals surface area contributed by atoms with Crippen molar-refractivity contribution in [1.29, 1.82) is 0 Å². The maximum atomic E-state index is 12.9. The first kappa shape index (κ1) is 13.7. The Balaban J connectivity index is 2.98. The van der Waals surface area contributed by atoms with Crippen LogP contribution in [0.25, 0.3) is 9.40 Å². The van der Waals surface area contributed by atoms with Crippen LogP contribution in [0, 0.1) is 10.1 Å². The topological polar surface area (TPSA) is 72.2 Å². The monoisotopic (exact) mass is 310 g/mol. The Morgan fingerprint density at radius 1 is 1.32 bits per heavy atom. The molecule has 2 rings (SSSR count). The zero-order valence-corrected chi connectivity index (χ0v) is 10.8. The molecular formula is C9H5F3N2O3S2. The molecular weight excluding hydrogens is 305 g/mol. The van der Waals surface area contributed by atoms with Gasteiger partial charge >= 0.3 is 6.18 Å². The van der Waals surface area contributed by atoms with Crippen molar-refractivity contribution in [3.63, 3.8) is 0 Å². The number of nitro benzene ring substituents is 1. The molecule has 0 aliphatic carbocycles. The second kappa shape index (κ2) is 4.46. The SMILES string of the molecule is CNc1c([N+](=O)[O-])cc(C(F)(F)F)c2sc(=O)sc12. The van der Waals surface area contributed by atoms with Gasteiger partial charge in [0.25, 0.3) is 9.74 Å². The van der Waals surface area contributed by atoms with Gasteiger partial charge in [-0.25, -0.2) is 0 Å². The average Bonchev–Trinajstić information content (AvgIpc) is 2.65. The molecule has 0 aliphatic heterocycles. The van der Waals surface area contributed by atoms with E-state index in [4.69, 9.17) is 0 Å². The average molecular weight is 310 g/mol. The molecule has 1 aromatic heterocycles. The Bertz CT molecular complexity index is 720. The van der Waals surface area contributed by atoms with Gasteiger partial charge in [0, 0.05) is 13.1 Å². The van der Waals surface area contributed by atoms with Gasteiger partial charge in [0.1, 0.15) is 5.69 Å². The number of alkyl halides is 3. The fourth-order valence-corrected chi connectivity index (χ4v) is 3.85. The van der Waals surface area contributed by atoms with Gasteiger partial charge in [-0.2, -0.15) is 13.2 Å². The smallest absolute Gasteiger partial charge is 0.381 e. The number of nitrogens with zero attached hydrogens (tertiary/aromatic N) is 1. The summed E-state index contributed by atoms with van der Waals surface area (Å²) < 4.78 is 37.8. The van der Waals surface area contributed by atoms with Gasteiger partial charge in [0.15, 0.2) is 0 Å². The van der Waals surface area contributed by atoms with Crippen molar-refractivity contribution in [1.82, 2.24) is 0 Å². The molecule has 102 valence electrons. The maximum Gasteiger partial charge on any atom is 0.418 e. The Morgan fingerprint density at radius 2 is 1.89 bits per heavy atom. The standard InChI is InChI=1S/C9H5F3N2O3S2/c1-13-5-4(14(16)17)2-3(9(10,11)12)6-7(5)19-8(15)18-6/h2,13H,1H3. The number of fused-ring (bicyclic) bond motifs is 1. The van der Waals surface area contributed by atoms with Crippen molar-refractivity contribution >= 4 is 43.4 Å². The molecule has 0 atom stereocenters. The minimum absolute atomic E-state index is 0.0426. The summed E-state index contributed by atoms with van der Waals surface area (Å²) in [5, 5.41) is 13.3. The minimum Gasteiger partial charge on any atom is -0.381 e. The van der Waals surface area contributed by atoms with Crippen LogP contribution in [0.5, 0.6) is 0 Å². The summed E-state index contributed by atoms with van der Waals surface area (Å²) in [6.45, 7) is 0. The molecule has 0 bridgehead atoms. The zero-order chi connectivity index (χ0) is 14.4. The molecule has 0 radical (unpaired) electrons. The molecule has 10 heteroatoms. The number of anilines is 1. The lowest BCUT2D eigenvalue weighted by molar-refractivity contribution is -0.384. The predicted octanol–water partition coefficient (Wildman–Crippen LogP) is 3.29. The van der Waals surface area contributed by atoms with Crippen LogP contribution in [0.3, 0.4) is 0 Å². The maximum absolute atomic E-state index is 12.9. The molecule has 0 amide bonds. The van der Waals surface area contributed by atoms with Crippen LogP contribution in [0.1, 0.15) is 5.56 Å². The molecule has 1 heterocycles. The lowest BCUT2D eigenvalue weighted by atomic mass is 10.1. The van der Waals surface area contributed by atoms with Crippen molar-refractivity contribution in [2.45, 2.75) is 6.18 Å². The molecule has 0 aliphatic rings. The zero-order valence-electron chi connectivity index (χ0n) is 9.20. The number of rotatable bonds is 2. The van der Waals surface area contributed by atoms with Gasteiger partial charge in [-0.3, -0.25) is 14.9 Å². The van der Waals surface area contributed by atoms with Crippen LogP contribution in [0.4, 0.5) is 24.5 Å². The minimum atomic E-state index is -4.75. The molecule has 0 saturated heterocycles.